The van der Waals surface area contributed by atoms with E-state index in [0.717, 1.165) is 5.56 Å². The zero-order valence-corrected chi connectivity index (χ0v) is 20.5. The van der Waals surface area contributed by atoms with Crippen molar-refractivity contribution < 1.29 is 41.0 Å². The number of nitrogens with zero attached hydrogens (tertiary/aromatic N) is 2. The van der Waals surface area contributed by atoms with Crippen molar-refractivity contribution in [1.82, 2.24) is 14.5 Å². The normalized spacial score (nSPS) is 14.5. The van der Waals surface area contributed by atoms with Gasteiger partial charge in [-0.2, -0.15) is 17.5 Å². The molecule has 2 heterocycles. The van der Waals surface area contributed by atoms with Crippen LogP contribution in [-0.4, -0.2) is 86.4 Å². The van der Waals surface area contributed by atoms with Gasteiger partial charge in [0.05, 0.1) is 17.7 Å². The summed E-state index contributed by atoms with van der Waals surface area (Å²) in [6.45, 7) is 2.65. The molecule has 1 amide bonds. The number of thiophene rings is 1. The molecule has 0 atom stereocenters. The Kier molecular flexibility index (Phi) is 10.5. The summed E-state index contributed by atoms with van der Waals surface area (Å²) in [6, 6.07) is 11.0. The van der Waals surface area contributed by atoms with Gasteiger partial charge >= 0.3 is 12.1 Å². The molecule has 0 radical (unpaired) electrons. The van der Waals surface area contributed by atoms with Gasteiger partial charge in [-0.05, 0) is 17.5 Å². The number of nitrogens with one attached hydrogen (secondary N) is 1. The fraction of sp³-hybridized carbons (Fsp3) is 0.429. The largest absolute Gasteiger partial charge is 0.496 e. The van der Waals surface area contributed by atoms with E-state index < -0.39 is 22.2 Å². The quantitative estimate of drug-likeness (QED) is 0.531. The van der Waals surface area contributed by atoms with Gasteiger partial charge in [0, 0.05) is 44.8 Å². The monoisotopic (exact) mass is 537 g/mol. The predicted octanol–water partition coefficient (Wildman–Crippen LogP) is 2.27. The molecule has 0 spiro atoms. The lowest BCUT2D eigenvalue weighted by Crippen LogP contribution is -2.48. The van der Waals surface area contributed by atoms with Crippen LogP contribution in [-0.2, 0) is 21.4 Å². The summed E-state index contributed by atoms with van der Waals surface area (Å²) < 4.78 is 64.1. The molecule has 1 aliphatic heterocycles. The number of rotatable bonds is 8. The second-order valence-corrected chi connectivity index (χ2v) is 10.3. The summed E-state index contributed by atoms with van der Waals surface area (Å²) in [7, 11) is -1.83. The first kappa shape index (κ1) is 28.6. The number of carboxylic acids is 1. The molecule has 0 aliphatic carbocycles. The number of methoxy groups -OCH3 is 1. The fourth-order valence-electron chi connectivity index (χ4n) is 3.12. The lowest BCUT2D eigenvalue weighted by molar-refractivity contribution is -0.192. The SMILES string of the molecule is COc1ccccc1CN(CCS(=O)(=O)N1CCNCC1)C(=O)c1cccs1.O=C(O)C(F)(F)F. The Morgan fingerprint density at radius 1 is 1.17 bits per heavy atom. The van der Waals surface area contributed by atoms with E-state index in [4.69, 9.17) is 14.6 Å². The minimum absolute atomic E-state index is 0.0980. The predicted molar refractivity (Wildman–Crippen MR) is 124 cm³/mol. The van der Waals surface area contributed by atoms with Crippen LogP contribution in [0.15, 0.2) is 41.8 Å². The summed E-state index contributed by atoms with van der Waals surface area (Å²) in [4.78, 5) is 24.1. The van der Waals surface area contributed by atoms with Crippen LogP contribution in [0.3, 0.4) is 0 Å². The molecule has 1 aliphatic rings. The van der Waals surface area contributed by atoms with Gasteiger partial charge in [-0.1, -0.05) is 24.3 Å². The maximum atomic E-state index is 13.0. The van der Waals surface area contributed by atoms with E-state index in [-0.39, 0.29) is 24.7 Å². The first-order valence-electron chi connectivity index (χ1n) is 10.4. The molecule has 1 fully saturated rings. The van der Waals surface area contributed by atoms with Crippen molar-refractivity contribution >= 4 is 33.2 Å². The number of sulfonamides is 1. The minimum atomic E-state index is -5.08. The number of carboxylic acid groups (broad SMARTS) is 1. The summed E-state index contributed by atoms with van der Waals surface area (Å²) in [5.41, 5.74) is 0.842. The van der Waals surface area contributed by atoms with Crippen LogP contribution in [0.2, 0.25) is 0 Å². The molecule has 194 valence electrons. The smallest absolute Gasteiger partial charge is 0.490 e. The number of alkyl halides is 3. The highest BCUT2D eigenvalue weighted by atomic mass is 32.2. The second kappa shape index (κ2) is 12.9. The van der Waals surface area contributed by atoms with Crippen LogP contribution < -0.4 is 10.1 Å². The van der Waals surface area contributed by atoms with E-state index in [1.54, 1.807) is 18.1 Å². The standard InChI is InChI=1S/C19H25N3O4S2.C2HF3O2/c1-26-17-6-3-2-5-16(17)15-21(19(23)18-7-4-13-27-18)12-14-28(24,25)22-10-8-20-9-11-22;3-2(4,5)1(6)7/h2-7,13,20H,8-12,14-15H2,1H3;(H,6,7). The van der Waals surface area contributed by atoms with Gasteiger partial charge in [0.25, 0.3) is 5.91 Å². The van der Waals surface area contributed by atoms with Crippen molar-refractivity contribution in [2.75, 3.05) is 45.6 Å². The van der Waals surface area contributed by atoms with Crippen LogP contribution in [0.1, 0.15) is 15.2 Å². The van der Waals surface area contributed by atoms with Crippen LogP contribution in [0, 0.1) is 0 Å². The molecule has 9 nitrogen and oxygen atoms in total. The second-order valence-electron chi connectivity index (χ2n) is 7.28. The van der Waals surface area contributed by atoms with Crippen LogP contribution in [0.5, 0.6) is 5.75 Å². The zero-order chi connectivity index (χ0) is 26.1. The Morgan fingerprint density at radius 3 is 2.34 bits per heavy atom. The van der Waals surface area contributed by atoms with Crippen molar-refractivity contribution in [3.05, 3.63) is 52.2 Å². The number of halogens is 3. The van der Waals surface area contributed by atoms with E-state index in [1.807, 2.05) is 35.7 Å². The van der Waals surface area contributed by atoms with E-state index >= 15 is 0 Å². The first-order chi connectivity index (χ1) is 16.5. The Labute approximate surface area is 205 Å². The fourth-order valence-corrected chi connectivity index (χ4v) is 5.26. The lowest BCUT2D eigenvalue weighted by Gasteiger charge is -2.28. The van der Waals surface area contributed by atoms with E-state index in [9.17, 15) is 26.4 Å². The number of para-hydroxylation sites is 1. The molecule has 2 N–H and O–H groups in total. The third-order valence-corrected chi connectivity index (χ3v) is 7.61. The maximum Gasteiger partial charge on any atom is 0.490 e. The number of aliphatic carboxylic acids is 1. The van der Waals surface area contributed by atoms with Crippen LogP contribution in [0.4, 0.5) is 13.2 Å². The van der Waals surface area contributed by atoms with Crippen molar-refractivity contribution in [2.24, 2.45) is 0 Å². The van der Waals surface area contributed by atoms with E-state index in [0.29, 0.717) is 36.8 Å². The number of hydrogen-bond acceptors (Lipinski definition) is 7. The summed E-state index contributed by atoms with van der Waals surface area (Å²) in [5.74, 6) is -2.35. The number of hydrogen-bond donors (Lipinski definition) is 2. The van der Waals surface area contributed by atoms with Gasteiger partial charge in [-0.3, -0.25) is 4.79 Å². The van der Waals surface area contributed by atoms with Gasteiger partial charge in [-0.15, -0.1) is 11.3 Å². The molecular formula is C21H26F3N3O6S2. The highest BCUT2D eigenvalue weighted by molar-refractivity contribution is 7.89. The van der Waals surface area contributed by atoms with Crippen molar-refractivity contribution in [3.8, 4) is 5.75 Å². The van der Waals surface area contributed by atoms with Gasteiger partial charge in [0.15, 0.2) is 0 Å². The number of amides is 1. The topological polar surface area (TPSA) is 116 Å². The summed E-state index contributed by atoms with van der Waals surface area (Å²) >= 11 is 1.35. The molecule has 35 heavy (non-hydrogen) atoms. The highest BCUT2D eigenvalue weighted by Gasteiger charge is 2.38. The lowest BCUT2D eigenvalue weighted by atomic mass is 10.2. The van der Waals surface area contributed by atoms with Gasteiger partial charge < -0.3 is 20.1 Å². The Bertz CT molecular complexity index is 1070. The highest BCUT2D eigenvalue weighted by Crippen LogP contribution is 2.22. The molecule has 1 saturated heterocycles. The molecule has 3 rings (SSSR count). The molecule has 0 saturated carbocycles. The summed E-state index contributed by atoms with van der Waals surface area (Å²) in [5, 5.41) is 12.1. The van der Waals surface area contributed by atoms with Gasteiger partial charge in [0.1, 0.15) is 5.75 Å². The third-order valence-electron chi connectivity index (χ3n) is 4.90. The average Bonchev–Trinajstić information content (AvgIpc) is 3.37. The molecule has 1 aromatic carbocycles. The zero-order valence-electron chi connectivity index (χ0n) is 18.8. The van der Waals surface area contributed by atoms with E-state index in [2.05, 4.69) is 5.32 Å². The van der Waals surface area contributed by atoms with Crippen LogP contribution >= 0.6 is 11.3 Å². The number of piperazine rings is 1. The Balaban J connectivity index is 0.000000540. The van der Waals surface area contributed by atoms with Crippen LogP contribution in [0.25, 0.3) is 0 Å². The molecule has 1 aromatic heterocycles. The molecule has 0 bridgehead atoms. The van der Waals surface area contributed by atoms with Crippen molar-refractivity contribution in [1.29, 1.82) is 0 Å². The first-order valence-corrected chi connectivity index (χ1v) is 12.9. The molecule has 14 heteroatoms. The number of benzene rings is 1. The third kappa shape index (κ3) is 8.80. The Morgan fingerprint density at radius 2 is 1.80 bits per heavy atom. The number of carbonyl (C=O) groups excluding carboxylic acids is 1. The molecular weight excluding hydrogens is 511 g/mol. The molecule has 2 aromatic rings. The van der Waals surface area contributed by atoms with E-state index in [1.165, 1.54) is 15.6 Å². The van der Waals surface area contributed by atoms with Crippen molar-refractivity contribution in [2.45, 2.75) is 12.7 Å². The molecule has 0 unspecified atom stereocenters. The minimum Gasteiger partial charge on any atom is -0.496 e. The maximum absolute atomic E-state index is 13.0. The van der Waals surface area contributed by atoms with Crippen molar-refractivity contribution in [3.63, 3.8) is 0 Å². The number of carbonyl (C=O) groups is 2. The average molecular weight is 538 g/mol. The van der Waals surface area contributed by atoms with Gasteiger partial charge in [0.2, 0.25) is 10.0 Å². The summed E-state index contributed by atoms with van der Waals surface area (Å²) in [6.07, 6.45) is -5.08. The Hall–Kier alpha value is -2.68. The van der Waals surface area contributed by atoms with Gasteiger partial charge in [-0.25, -0.2) is 13.2 Å². The number of ether oxygens (including phenoxy) is 1.